The predicted molar refractivity (Wildman–Crippen MR) is 93.6 cm³/mol. The van der Waals surface area contributed by atoms with Gasteiger partial charge in [0.05, 0.1) is 0 Å². The summed E-state index contributed by atoms with van der Waals surface area (Å²) in [7, 11) is 0. The van der Waals surface area contributed by atoms with E-state index in [-0.39, 0.29) is 0 Å². The monoisotopic (exact) mass is 297 g/mol. The van der Waals surface area contributed by atoms with Crippen LogP contribution in [0, 0.1) is 0 Å². The largest absolute Gasteiger partial charge is 0.343 e. The Hall–Kier alpha value is -0.530. The van der Waals surface area contributed by atoms with Gasteiger partial charge in [-0.1, -0.05) is 78.6 Å². The van der Waals surface area contributed by atoms with Gasteiger partial charge in [0.15, 0.2) is 0 Å². The highest BCUT2D eigenvalue weighted by Crippen LogP contribution is 2.09. The molecule has 0 atom stereocenters. The van der Waals surface area contributed by atoms with E-state index in [0.29, 0.717) is 5.91 Å². The maximum Gasteiger partial charge on any atom is 0.222 e. The number of hydrogen-bond donors (Lipinski definition) is 0. The Bertz CT molecular complexity index is 228. The summed E-state index contributed by atoms with van der Waals surface area (Å²) in [5.74, 6) is 0.376. The van der Waals surface area contributed by atoms with Crippen LogP contribution >= 0.6 is 0 Å². The van der Waals surface area contributed by atoms with Crippen LogP contribution in [-0.2, 0) is 4.79 Å². The van der Waals surface area contributed by atoms with Crippen molar-refractivity contribution in [2.24, 2.45) is 0 Å². The topological polar surface area (TPSA) is 20.3 Å². The minimum Gasteiger partial charge on any atom is -0.343 e. The number of carbonyl (C=O) groups is 1. The maximum absolute atomic E-state index is 12.2. The number of unbranched alkanes of at least 4 members (excludes halogenated alkanes) is 9. The molecule has 126 valence electrons. The predicted octanol–water partition coefficient (Wildman–Crippen LogP) is 5.95. The molecule has 0 N–H and O–H groups in total. The molecular weight excluding hydrogens is 258 g/mol. The zero-order valence-electron chi connectivity index (χ0n) is 15.0. The first-order valence-electron chi connectivity index (χ1n) is 9.54. The van der Waals surface area contributed by atoms with E-state index in [9.17, 15) is 4.79 Å². The molecule has 0 unspecified atom stereocenters. The fraction of sp³-hybridized carbons (Fsp3) is 0.947. The lowest BCUT2D eigenvalue weighted by atomic mass is 10.1. The fourth-order valence-corrected chi connectivity index (χ4v) is 2.72. The van der Waals surface area contributed by atoms with Crippen LogP contribution in [0.5, 0.6) is 0 Å². The minimum atomic E-state index is 0.376. The molecule has 0 aliphatic heterocycles. The Balaban J connectivity index is 3.83. The molecular formula is C19H39NO. The second-order valence-corrected chi connectivity index (χ2v) is 6.31. The second-order valence-electron chi connectivity index (χ2n) is 6.31. The molecule has 0 saturated heterocycles. The Labute approximate surface area is 133 Å². The lowest BCUT2D eigenvalue weighted by Gasteiger charge is -2.22. The standard InChI is InChI=1S/C19H39NO/c1-4-7-9-11-13-15-18-20(19(21)16-6-3)17-14-12-10-8-5-2/h4-18H2,1-3H3. The summed E-state index contributed by atoms with van der Waals surface area (Å²) in [4.78, 5) is 14.3. The van der Waals surface area contributed by atoms with Crippen LogP contribution in [0.3, 0.4) is 0 Å². The van der Waals surface area contributed by atoms with E-state index < -0.39 is 0 Å². The van der Waals surface area contributed by atoms with E-state index in [1.807, 2.05) is 0 Å². The van der Waals surface area contributed by atoms with Gasteiger partial charge in [-0.3, -0.25) is 4.79 Å². The Morgan fingerprint density at radius 1 is 0.619 bits per heavy atom. The molecule has 0 aliphatic rings. The average Bonchev–Trinajstić information content (AvgIpc) is 2.48. The quantitative estimate of drug-likeness (QED) is 0.342. The van der Waals surface area contributed by atoms with Crippen LogP contribution in [0.1, 0.15) is 104 Å². The van der Waals surface area contributed by atoms with Gasteiger partial charge in [0, 0.05) is 19.5 Å². The summed E-state index contributed by atoms with van der Waals surface area (Å²) in [5.41, 5.74) is 0. The summed E-state index contributed by atoms with van der Waals surface area (Å²) in [5, 5.41) is 0. The number of nitrogens with zero attached hydrogens (tertiary/aromatic N) is 1. The molecule has 1 amide bonds. The summed E-state index contributed by atoms with van der Waals surface area (Å²) >= 11 is 0. The van der Waals surface area contributed by atoms with Gasteiger partial charge in [0.1, 0.15) is 0 Å². The van der Waals surface area contributed by atoms with Gasteiger partial charge < -0.3 is 4.90 Å². The fourth-order valence-electron chi connectivity index (χ4n) is 2.72. The van der Waals surface area contributed by atoms with Gasteiger partial charge in [0.25, 0.3) is 0 Å². The van der Waals surface area contributed by atoms with Crippen molar-refractivity contribution >= 4 is 5.91 Å². The minimum absolute atomic E-state index is 0.376. The van der Waals surface area contributed by atoms with Crippen LogP contribution in [0.25, 0.3) is 0 Å². The molecule has 2 nitrogen and oxygen atoms in total. The summed E-state index contributed by atoms with van der Waals surface area (Å²) < 4.78 is 0. The molecule has 0 bridgehead atoms. The third kappa shape index (κ3) is 12.9. The SMILES string of the molecule is CCCCCCCCN(CCCCCCC)C(=O)CCC. The number of amides is 1. The van der Waals surface area contributed by atoms with E-state index in [4.69, 9.17) is 0 Å². The molecule has 0 saturated carbocycles. The third-order valence-corrected chi connectivity index (χ3v) is 4.13. The second kappa shape index (κ2) is 15.9. The van der Waals surface area contributed by atoms with Gasteiger partial charge in [-0.25, -0.2) is 0 Å². The molecule has 0 rings (SSSR count). The lowest BCUT2D eigenvalue weighted by molar-refractivity contribution is -0.131. The molecule has 0 radical (unpaired) electrons. The zero-order chi connectivity index (χ0) is 15.8. The molecule has 0 aromatic rings. The number of carbonyl (C=O) groups excluding carboxylic acids is 1. The van der Waals surface area contributed by atoms with Crippen LogP contribution < -0.4 is 0 Å². The van der Waals surface area contributed by atoms with Gasteiger partial charge in [-0.15, -0.1) is 0 Å². The number of rotatable bonds is 15. The Morgan fingerprint density at radius 2 is 1.05 bits per heavy atom. The molecule has 0 heterocycles. The van der Waals surface area contributed by atoms with Crippen molar-refractivity contribution in [3.63, 3.8) is 0 Å². The van der Waals surface area contributed by atoms with Crippen molar-refractivity contribution in [3.8, 4) is 0 Å². The van der Waals surface area contributed by atoms with Crippen molar-refractivity contribution < 1.29 is 4.79 Å². The van der Waals surface area contributed by atoms with E-state index in [2.05, 4.69) is 25.7 Å². The molecule has 0 aliphatic carbocycles. The zero-order valence-corrected chi connectivity index (χ0v) is 15.0. The molecule has 0 fully saturated rings. The normalized spacial score (nSPS) is 10.8. The van der Waals surface area contributed by atoms with Gasteiger partial charge in [-0.2, -0.15) is 0 Å². The summed E-state index contributed by atoms with van der Waals surface area (Å²) in [6.07, 6.45) is 15.9. The van der Waals surface area contributed by atoms with Crippen LogP contribution in [0.15, 0.2) is 0 Å². The highest BCUT2D eigenvalue weighted by molar-refractivity contribution is 5.76. The van der Waals surface area contributed by atoms with Gasteiger partial charge in [-0.05, 0) is 19.3 Å². The van der Waals surface area contributed by atoms with Crippen LogP contribution in [-0.4, -0.2) is 23.9 Å². The summed E-state index contributed by atoms with van der Waals surface area (Å²) in [6, 6.07) is 0. The molecule has 0 aromatic heterocycles. The lowest BCUT2D eigenvalue weighted by Crippen LogP contribution is -2.32. The van der Waals surface area contributed by atoms with E-state index in [0.717, 1.165) is 25.9 Å². The van der Waals surface area contributed by atoms with Gasteiger partial charge in [0.2, 0.25) is 5.91 Å². The van der Waals surface area contributed by atoms with E-state index in [1.165, 1.54) is 70.6 Å². The van der Waals surface area contributed by atoms with Crippen molar-refractivity contribution in [2.45, 2.75) is 104 Å². The third-order valence-electron chi connectivity index (χ3n) is 4.13. The molecule has 21 heavy (non-hydrogen) atoms. The Morgan fingerprint density at radius 3 is 1.48 bits per heavy atom. The van der Waals surface area contributed by atoms with Crippen LogP contribution in [0.4, 0.5) is 0 Å². The highest BCUT2D eigenvalue weighted by atomic mass is 16.2. The van der Waals surface area contributed by atoms with Crippen LogP contribution in [0.2, 0.25) is 0 Å². The molecule has 2 heteroatoms. The van der Waals surface area contributed by atoms with Gasteiger partial charge >= 0.3 is 0 Å². The first-order chi connectivity index (χ1) is 10.3. The average molecular weight is 298 g/mol. The number of hydrogen-bond acceptors (Lipinski definition) is 1. The van der Waals surface area contributed by atoms with E-state index >= 15 is 0 Å². The summed E-state index contributed by atoms with van der Waals surface area (Å²) in [6.45, 7) is 8.57. The maximum atomic E-state index is 12.2. The first-order valence-corrected chi connectivity index (χ1v) is 9.54. The molecule has 0 aromatic carbocycles. The van der Waals surface area contributed by atoms with Crippen molar-refractivity contribution in [3.05, 3.63) is 0 Å². The van der Waals surface area contributed by atoms with Crippen molar-refractivity contribution in [2.75, 3.05) is 13.1 Å². The Kier molecular flexibility index (Phi) is 15.5. The molecule has 0 spiro atoms. The smallest absolute Gasteiger partial charge is 0.222 e. The first kappa shape index (κ1) is 20.5. The highest BCUT2D eigenvalue weighted by Gasteiger charge is 2.11. The van der Waals surface area contributed by atoms with Crippen molar-refractivity contribution in [1.29, 1.82) is 0 Å². The van der Waals surface area contributed by atoms with E-state index in [1.54, 1.807) is 0 Å². The van der Waals surface area contributed by atoms with Crippen molar-refractivity contribution in [1.82, 2.24) is 4.90 Å².